The van der Waals surface area contributed by atoms with Crippen molar-refractivity contribution in [1.29, 1.82) is 0 Å². The van der Waals surface area contributed by atoms with Crippen LogP contribution in [0.3, 0.4) is 0 Å². The highest BCUT2D eigenvalue weighted by Gasteiger charge is 2.11. The second-order valence-electron chi connectivity index (χ2n) is 3.82. The Kier molecular flexibility index (Phi) is 2.57. The summed E-state index contributed by atoms with van der Waals surface area (Å²) in [6.07, 6.45) is 4.76. The van der Waals surface area contributed by atoms with Crippen LogP contribution in [0.25, 0.3) is 5.78 Å². The lowest BCUT2D eigenvalue weighted by Gasteiger charge is -2.09. The van der Waals surface area contributed by atoms with Crippen LogP contribution in [-0.4, -0.2) is 44.4 Å². The monoisotopic (exact) mass is 220 g/mol. The van der Waals surface area contributed by atoms with Gasteiger partial charge in [-0.25, -0.2) is 14.8 Å². The third-order valence-electron chi connectivity index (χ3n) is 2.14. The zero-order chi connectivity index (χ0) is 11.7. The first-order valence-corrected chi connectivity index (χ1v) is 4.78. The molecule has 0 aliphatic heterocycles. The molecular weight excluding hydrogens is 208 g/mol. The van der Waals surface area contributed by atoms with Gasteiger partial charge in [-0.05, 0) is 14.1 Å². The van der Waals surface area contributed by atoms with Crippen molar-refractivity contribution >= 4 is 11.7 Å². The fraction of sp³-hybridized carbons (Fsp3) is 0.300. The highest BCUT2D eigenvalue weighted by atomic mass is 16.4. The number of carbonyl (C=O) groups is 1. The van der Waals surface area contributed by atoms with E-state index in [1.807, 2.05) is 19.0 Å². The summed E-state index contributed by atoms with van der Waals surface area (Å²) in [5.74, 6) is -0.601. The van der Waals surface area contributed by atoms with Crippen LogP contribution in [0.4, 0.5) is 0 Å². The molecule has 2 heterocycles. The first kappa shape index (κ1) is 10.6. The molecule has 0 saturated carbocycles. The minimum absolute atomic E-state index is 0.128. The third-order valence-corrected chi connectivity index (χ3v) is 2.14. The van der Waals surface area contributed by atoms with Crippen LogP contribution >= 0.6 is 0 Å². The van der Waals surface area contributed by atoms with E-state index in [2.05, 4.69) is 9.97 Å². The molecule has 0 atom stereocenters. The fourth-order valence-electron chi connectivity index (χ4n) is 1.52. The topological polar surface area (TPSA) is 70.7 Å². The van der Waals surface area contributed by atoms with Crippen molar-refractivity contribution in [2.75, 3.05) is 14.1 Å². The summed E-state index contributed by atoms with van der Waals surface area (Å²) in [5, 5.41) is 8.95. The standard InChI is InChI=1S/C10H12N4O2/c1-13(2)5-7-3-11-10-12-4-8(9(15)16)14(10)6-7/h3-4,6H,5H2,1-2H3,(H,15,16). The zero-order valence-corrected chi connectivity index (χ0v) is 9.08. The summed E-state index contributed by atoms with van der Waals surface area (Å²) in [4.78, 5) is 20.9. The molecule has 0 unspecified atom stereocenters. The van der Waals surface area contributed by atoms with E-state index in [0.717, 1.165) is 5.56 Å². The maximum Gasteiger partial charge on any atom is 0.354 e. The lowest BCUT2D eigenvalue weighted by molar-refractivity contribution is 0.0689. The van der Waals surface area contributed by atoms with Crippen LogP contribution in [0, 0.1) is 0 Å². The summed E-state index contributed by atoms with van der Waals surface area (Å²) in [6, 6.07) is 0. The van der Waals surface area contributed by atoms with Crippen LogP contribution in [0.1, 0.15) is 16.1 Å². The Bertz CT molecular complexity index is 533. The van der Waals surface area contributed by atoms with E-state index in [1.165, 1.54) is 10.6 Å². The summed E-state index contributed by atoms with van der Waals surface area (Å²) < 4.78 is 1.49. The SMILES string of the molecule is CN(C)Cc1cnc2ncc(C(=O)O)n2c1. The van der Waals surface area contributed by atoms with Gasteiger partial charge >= 0.3 is 5.97 Å². The molecule has 0 radical (unpaired) electrons. The quantitative estimate of drug-likeness (QED) is 0.815. The van der Waals surface area contributed by atoms with E-state index < -0.39 is 5.97 Å². The van der Waals surface area contributed by atoms with Gasteiger partial charge in [0.05, 0.1) is 6.20 Å². The maximum absolute atomic E-state index is 10.9. The molecule has 2 aromatic heterocycles. The molecule has 0 aliphatic carbocycles. The first-order valence-electron chi connectivity index (χ1n) is 4.78. The Morgan fingerprint density at radius 2 is 2.12 bits per heavy atom. The molecule has 16 heavy (non-hydrogen) atoms. The van der Waals surface area contributed by atoms with Gasteiger partial charge in [0.15, 0.2) is 5.69 Å². The summed E-state index contributed by atoms with van der Waals surface area (Å²) in [6.45, 7) is 0.709. The second kappa shape index (κ2) is 3.90. The van der Waals surface area contributed by atoms with Gasteiger partial charge in [0.2, 0.25) is 5.78 Å². The summed E-state index contributed by atoms with van der Waals surface area (Å²) >= 11 is 0. The van der Waals surface area contributed by atoms with E-state index in [0.29, 0.717) is 12.3 Å². The number of nitrogens with zero attached hydrogens (tertiary/aromatic N) is 4. The number of aromatic nitrogens is 3. The molecule has 0 fully saturated rings. The average molecular weight is 220 g/mol. The second-order valence-corrected chi connectivity index (χ2v) is 3.82. The number of carboxylic acid groups (broad SMARTS) is 1. The van der Waals surface area contributed by atoms with Crippen molar-refractivity contribution in [1.82, 2.24) is 19.3 Å². The number of aromatic carboxylic acids is 1. The van der Waals surface area contributed by atoms with E-state index >= 15 is 0 Å². The van der Waals surface area contributed by atoms with Gasteiger partial charge < -0.3 is 10.0 Å². The van der Waals surface area contributed by atoms with Crippen LogP contribution in [0.5, 0.6) is 0 Å². The van der Waals surface area contributed by atoms with E-state index in [1.54, 1.807) is 12.4 Å². The minimum atomic E-state index is -1.00. The molecule has 2 aromatic rings. The van der Waals surface area contributed by atoms with Crippen molar-refractivity contribution < 1.29 is 9.90 Å². The van der Waals surface area contributed by atoms with E-state index in [9.17, 15) is 4.79 Å². The van der Waals surface area contributed by atoms with E-state index in [4.69, 9.17) is 5.11 Å². The highest BCUT2D eigenvalue weighted by molar-refractivity contribution is 5.86. The van der Waals surface area contributed by atoms with Crippen molar-refractivity contribution in [3.05, 3.63) is 29.8 Å². The number of carboxylic acids is 1. The molecule has 0 spiro atoms. The predicted molar refractivity (Wildman–Crippen MR) is 57.3 cm³/mol. The molecule has 0 amide bonds. The number of imidazole rings is 1. The van der Waals surface area contributed by atoms with Crippen molar-refractivity contribution in [2.24, 2.45) is 0 Å². The molecular formula is C10H12N4O2. The number of hydrogen-bond donors (Lipinski definition) is 1. The molecule has 0 aromatic carbocycles. The van der Waals surface area contributed by atoms with Gasteiger partial charge in [-0.2, -0.15) is 0 Å². The van der Waals surface area contributed by atoms with Crippen molar-refractivity contribution in [2.45, 2.75) is 6.54 Å². The zero-order valence-electron chi connectivity index (χ0n) is 9.08. The highest BCUT2D eigenvalue weighted by Crippen LogP contribution is 2.07. The fourth-order valence-corrected chi connectivity index (χ4v) is 1.52. The van der Waals surface area contributed by atoms with Gasteiger partial charge in [0.1, 0.15) is 0 Å². The first-order chi connectivity index (χ1) is 7.58. The van der Waals surface area contributed by atoms with Gasteiger partial charge in [0.25, 0.3) is 0 Å². The van der Waals surface area contributed by atoms with Crippen LogP contribution in [0.15, 0.2) is 18.6 Å². The Morgan fingerprint density at radius 3 is 2.75 bits per heavy atom. The van der Waals surface area contributed by atoms with Gasteiger partial charge in [-0.15, -0.1) is 0 Å². The molecule has 84 valence electrons. The molecule has 0 aliphatic rings. The molecule has 1 N–H and O–H groups in total. The Labute approximate surface area is 92.2 Å². The minimum Gasteiger partial charge on any atom is -0.477 e. The Balaban J connectivity index is 2.50. The van der Waals surface area contributed by atoms with Gasteiger partial charge in [-0.3, -0.25) is 4.40 Å². The van der Waals surface area contributed by atoms with Gasteiger partial charge in [-0.1, -0.05) is 0 Å². The third kappa shape index (κ3) is 1.87. The maximum atomic E-state index is 10.9. The van der Waals surface area contributed by atoms with Crippen molar-refractivity contribution in [3.8, 4) is 0 Å². The van der Waals surface area contributed by atoms with Crippen LogP contribution in [-0.2, 0) is 6.54 Å². The lowest BCUT2D eigenvalue weighted by Crippen LogP contribution is -2.12. The molecule has 0 saturated heterocycles. The van der Waals surface area contributed by atoms with Crippen LogP contribution < -0.4 is 0 Å². The van der Waals surface area contributed by atoms with Crippen LogP contribution in [0.2, 0.25) is 0 Å². The number of hydrogen-bond acceptors (Lipinski definition) is 4. The summed E-state index contributed by atoms with van der Waals surface area (Å²) in [5.41, 5.74) is 1.07. The van der Waals surface area contributed by atoms with Crippen molar-refractivity contribution in [3.63, 3.8) is 0 Å². The Morgan fingerprint density at radius 1 is 1.44 bits per heavy atom. The Hall–Kier alpha value is -1.95. The normalized spacial score (nSPS) is 11.2. The largest absolute Gasteiger partial charge is 0.477 e. The molecule has 0 bridgehead atoms. The molecule has 2 rings (SSSR count). The number of fused-ring (bicyclic) bond motifs is 1. The number of rotatable bonds is 3. The lowest BCUT2D eigenvalue weighted by atomic mass is 10.3. The summed E-state index contributed by atoms with van der Waals surface area (Å²) in [7, 11) is 3.88. The molecule has 6 nitrogen and oxygen atoms in total. The smallest absolute Gasteiger partial charge is 0.354 e. The predicted octanol–water partition coefficient (Wildman–Crippen LogP) is 0.489. The van der Waals surface area contributed by atoms with Gasteiger partial charge in [0, 0.05) is 24.5 Å². The van der Waals surface area contributed by atoms with E-state index in [-0.39, 0.29) is 5.69 Å². The molecule has 6 heteroatoms. The average Bonchev–Trinajstić information content (AvgIpc) is 2.59.